The van der Waals surface area contributed by atoms with E-state index in [2.05, 4.69) is 5.32 Å². The predicted octanol–water partition coefficient (Wildman–Crippen LogP) is -1.02. The monoisotopic (exact) mass is 303 g/mol. The number of quaternary nitrogens is 1. The molecule has 0 radical (unpaired) electrons. The molecule has 17 heavy (non-hydrogen) atoms. The lowest BCUT2D eigenvalue weighted by Gasteiger charge is -2.04. The Bertz CT molecular complexity index is 418. The van der Waals surface area contributed by atoms with Crippen LogP contribution in [-0.2, 0) is 20.4 Å². The summed E-state index contributed by atoms with van der Waals surface area (Å²) in [6, 6.07) is 0. The molecule has 1 heterocycles. The predicted molar refractivity (Wildman–Crippen MR) is 49.0 cm³/mol. The van der Waals surface area contributed by atoms with Crippen LogP contribution in [0.15, 0.2) is 0 Å². The van der Waals surface area contributed by atoms with Crippen molar-refractivity contribution in [2.75, 3.05) is 13.1 Å². The average Bonchev–Trinajstić information content (AvgIpc) is 2.51. The van der Waals surface area contributed by atoms with Gasteiger partial charge in [-0.25, -0.2) is 8.42 Å². The fourth-order valence-corrected chi connectivity index (χ4v) is 2.33. The Morgan fingerprint density at radius 1 is 1.00 bits per heavy atom. The van der Waals surface area contributed by atoms with Crippen LogP contribution < -0.4 is 9.44 Å². The molecular formula is C5H11F4N2O4S2+. The molecule has 0 aromatic carbocycles. The molecule has 1 aliphatic rings. The highest BCUT2D eigenvalue weighted by atomic mass is 32.3. The van der Waals surface area contributed by atoms with Crippen molar-refractivity contribution >= 4 is 20.4 Å². The first-order valence-electron chi connectivity index (χ1n) is 4.32. The third kappa shape index (κ3) is 7.46. The zero-order chi connectivity index (χ0) is 13.7. The number of sulfonamides is 1. The molecule has 3 N–H and O–H groups in total. The van der Waals surface area contributed by atoms with E-state index in [1.807, 2.05) is 0 Å². The summed E-state index contributed by atoms with van der Waals surface area (Å²) in [6.45, 7) is 2.75. The minimum absolute atomic E-state index is 0.212. The van der Waals surface area contributed by atoms with Gasteiger partial charge < -0.3 is 5.32 Å². The molecule has 0 aromatic rings. The van der Waals surface area contributed by atoms with E-state index < -0.39 is 25.9 Å². The first-order valence-corrected chi connectivity index (χ1v) is 7.18. The maximum atomic E-state index is 11.4. The van der Waals surface area contributed by atoms with E-state index in [1.165, 1.54) is 25.9 Å². The molecular weight excluding hydrogens is 292 g/mol. The summed E-state index contributed by atoms with van der Waals surface area (Å²) in [7, 11) is -12.1. The van der Waals surface area contributed by atoms with Crippen LogP contribution in [0.2, 0.25) is 0 Å². The zero-order valence-electron chi connectivity index (χ0n) is 8.37. The molecule has 1 fully saturated rings. The first-order chi connectivity index (χ1) is 7.46. The van der Waals surface area contributed by atoms with Crippen LogP contribution in [0.4, 0.5) is 17.1 Å². The van der Waals surface area contributed by atoms with Gasteiger partial charge in [-0.2, -0.15) is 21.6 Å². The van der Waals surface area contributed by atoms with Crippen LogP contribution in [0, 0.1) is 0 Å². The Hall–Kier alpha value is -0.460. The second-order valence-electron chi connectivity index (χ2n) is 3.04. The van der Waals surface area contributed by atoms with Gasteiger partial charge in [-0.05, 0) is 0 Å². The molecule has 0 aliphatic carbocycles. The van der Waals surface area contributed by atoms with E-state index in [0.717, 1.165) is 0 Å². The van der Waals surface area contributed by atoms with Gasteiger partial charge in [0.1, 0.15) is 0 Å². The van der Waals surface area contributed by atoms with Gasteiger partial charge in [0.05, 0.1) is 13.1 Å². The number of nitrogens with two attached hydrogens (primary N) is 1. The summed E-state index contributed by atoms with van der Waals surface area (Å²) < 4.78 is 83.5. The summed E-state index contributed by atoms with van der Waals surface area (Å²) in [5.74, 6) is 0. The van der Waals surface area contributed by atoms with Crippen LogP contribution in [-0.4, -0.2) is 35.4 Å². The van der Waals surface area contributed by atoms with Crippen molar-refractivity contribution in [2.24, 2.45) is 0 Å². The Balaban J connectivity index is 0.000000419. The van der Waals surface area contributed by atoms with Gasteiger partial charge in [-0.3, -0.25) is 0 Å². The molecule has 0 saturated carbocycles. The fourth-order valence-electron chi connectivity index (χ4n) is 0.900. The Morgan fingerprint density at radius 2 is 1.41 bits per heavy atom. The highest BCUT2D eigenvalue weighted by Gasteiger charge is 2.48. The number of hydrogen-bond donors (Lipinski definition) is 2. The molecule has 0 aromatic heterocycles. The Kier molecular flexibility index (Phi) is 5.77. The number of alkyl halides is 3. The summed E-state index contributed by atoms with van der Waals surface area (Å²) >= 11 is 0. The van der Waals surface area contributed by atoms with Crippen molar-refractivity contribution in [3.05, 3.63) is 0 Å². The largest absolute Gasteiger partial charge is 0.512 e. The van der Waals surface area contributed by atoms with Crippen molar-refractivity contribution in [1.29, 1.82) is 0 Å². The van der Waals surface area contributed by atoms with Crippen molar-refractivity contribution in [2.45, 2.75) is 18.3 Å². The maximum Gasteiger partial charge on any atom is 0.512 e. The summed E-state index contributed by atoms with van der Waals surface area (Å²) in [6.07, 6.45) is 2.89. The number of halogens is 4. The molecule has 1 aliphatic heterocycles. The van der Waals surface area contributed by atoms with Gasteiger partial charge >= 0.3 is 25.9 Å². The third-order valence-corrected chi connectivity index (χ3v) is 3.86. The minimum Gasteiger partial charge on any atom is -0.346 e. The summed E-state index contributed by atoms with van der Waals surface area (Å²) in [5.41, 5.74) is -5.86. The summed E-state index contributed by atoms with van der Waals surface area (Å²) in [5, 5.41) is 2.36. The minimum atomic E-state index is -6.17. The van der Waals surface area contributed by atoms with Crippen LogP contribution in [0.1, 0.15) is 12.8 Å². The lowest BCUT2D eigenvalue weighted by molar-refractivity contribution is -0.635. The molecule has 1 rings (SSSR count). The number of hydrogen-bond acceptors (Lipinski definition) is 4. The van der Waals surface area contributed by atoms with Crippen LogP contribution in [0.3, 0.4) is 0 Å². The van der Waals surface area contributed by atoms with Gasteiger partial charge in [0, 0.05) is 12.8 Å². The third-order valence-electron chi connectivity index (χ3n) is 1.58. The van der Waals surface area contributed by atoms with Gasteiger partial charge in [-0.1, -0.05) is 8.01 Å². The maximum absolute atomic E-state index is 11.4. The fraction of sp³-hybridized carbons (Fsp3) is 1.00. The topological polar surface area (TPSA) is 96.9 Å². The quantitative estimate of drug-likeness (QED) is 0.504. The Labute approximate surface area is 95.8 Å². The van der Waals surface area contributed by atoms with E-state index in [-0.39, 0.29) is 4.13 Å². The normalized spacial score (nSPS) is 17.4. The molecule has 0 spiro atoms. The van der Waals surface area contributed by atoms with Crippen molar-refractivity contribution in [3.63, 3.8) is 0 Å². The number of nitrogens with one attached hydrogen (secondary N) is 1. The zero-order valence-corrected chi connectivity index (χ0v) is 10.0. The first kappa shape index (κ1) is 16.5. The molecule has 12 heteroatoms. The van der Waals surface area contributed by atoms with Gasteiger partial charge in [0.15, 0.2) is 0 Å². The lowest BCUT2D eigenvalue weighted by Crippen LogP contribution is -2.80. The SMILES string of the molecule is C1CC[NH2+]C1.O=S(=O)(F)NS(=O)(=O)C(F)(F)F. The number of rotatable bonds is 2. The molecule has 0 amide bonds. The van der Waals surface area contributed by atoms with Crippen molar-refractivity contribution in [1.82, 2.24) is 4.13 Å². The smallest absolute Gasteiger partial charge is 0.346 e. The summed E-state index contributed by atoms with van der Waals surface area (Å²) in [4.78, 5) is 0. The van der Waals surface area contributed by atoms with Crippen LogP contribution in [0.25, 0.3) is 0 Å². The van der Waals surface area contributed by atoms with Gasteiger partial charge in [0.25, 0.3) is 0 Å². The van der Waals surface area contributed by atoms with E-state index >= 15 is 0 Å². The van der Waals surface area contributed by atoms with E-state index in [0.29, 0.717) is 0 Å². The van der Waals surface area contributed by atoms with Crippen molar-refractivity contribution < 1.29 is 39.2 Å². The van der Waals surface area contributed by atoms with Crippen LogP contribution in [0.5, 0.6) is 0 Å². The van der Waals surface area contributed by atoms with Gasteiger partial charge in [-0.15, -0.1) is 0 Å². The molecule has 0 bridgehead atoms. The lowest BCUT2D eigenvalue weighted by atomic mass is 10.4. The molecule has 1 saturated heterocycles. The molecule has 6 nitrogen and oxygen atoms in total. The van der Waals surface area contributed by atoms with E-state index in [9.17, 15) is 33.9 Å². The highest BCUT2D eigenvalue weighted by molar-refractivity contribution is 8.03. The Morgan fingerprint density at radius 3 is 1.53 bits per heavy atom. The van der Waals surface area contributed by atoms with Crippen molar-refractivity contribution in [3.8, 4) is 0 Å². The second-order valence-corrected chi connectivity index (χ2v) is 6.06. The van der Waals surface area contributed by atoms with E-state index in [1.54, 1.807) is 0 Å². The standard InChI is InChI=1S/C4H9N.CHF4NO4S2/c1-2-4-5-3-1;2-1(3,4)11(7,8)6-12(5,9)10/h5H,1-4H2;6H/p+1. The molecule has 0 atom stereocenters. The van der Waals surface area contributed by atoms with Crippen LogP contribution >= 0.6 is 0 Å². The highest BCUT2D eigenvalue weighted by Crippen LogP contribution is 2.22. The van der Waals surface area contributed by atoms with Gasteiger partial charge in [0.2, 0.25) is 0 Å². The molecule has 0 unspecified atom stereocenters. The van der Waals surface area contributed by atoms with E-state index in [4.69, 9.17) is 0 Å². The second kappa shape index (κ2) is 5.93. The average molecular weight is 303 g/mol. The molecule has 104 valence electrons.